The second kappa shape index (κ2) is 4.28. The Balaban J connectivity index is 2.04. The van der Waals surface area contributed by atoms with E-state index < -0.39 is 0 Å². The van der Waals surface area contributed by atoms with Crippen molar-refractivity contribution in [1.82, 2.24) is 0 Å². The van der Waals surface area contributed by atoms with Crippen molar-refractivity contribution in [3.8, 4) is 0 Å². The van der Waals surface area contributed by atoms with Crippen molar-refractivity contribution in [2.45, 2.75) is 25.2 Å². The highest BCUT2D eigenvalue weighted by atomic mass is 79.9. The predicted molar refractivity (Wildman–Crippen MR) is 60.3 cm³/mol. The average Bonchev–Trinajstić information content (AvgIpc) is 2.67. The van der Waals surface area contributed by atoms with Crippen LogP contribution in [-0.2, 0) is 0 Å². The van der Waals surface area contributed by atoms with Gasteiger partial charge in [0.1, 0.15) is 0 Å². The standard InChI is InChI=1S/C12H15Br/c13-9-10-6-7-12(8-10)11-4-2-1-3-5-11/h1-5,10,12H,6-9H2/t10-,12+/m1/s1. The number of alkyl halides is 1. The van der Waals surface area contributed by atoms with Crippen LogP contribution in [0.3, 0.4) is 0 Å². The second-order valence-electron chi connectivity index (χ2n) is 3.94. The molecule has 1 aliphatic carbocycles. The molecule has 2 atom stereocenters. The first-order valence-corrected chi connectivity index (χ1v) is 6.13. The van der Waals surface area contributed by atoms with Crippen molar-refractivity contribution in [3.63, 3.8) is 0 Å². The van der Waals surface area contributed by atoms with Gasteiger partial charge in [0.15, 0.2) is 0 Å². The molecular weight excluding hydrogens is 224 g/mol. The van der Waals surface area contributed by atoms with Crippen LogP contribution in [0.1, 0.15) is 30.7 Å². The molecule has 0 unspecified atom stereocenters. The number of hydrogen-bond donors (Lipinski definition) is 0. The van der Waals surface area contributed by atoms with E-state index in [2.05, 4.69) is 46.3 Å². The molecule has 0 bridgehead atoms. The van der Waals surface area contributed by atoms with E-state index in [-0.39, 0.29) is 0 Å². The van der Waals surface area contributed by atoms with E-state index in [1.165, 1.54) is 30.2 Å². The van der Waals surface area contributed by atoms with Gasteiger partial charge in [-0.3, -0.25) is 0 Å². The first-order valence-electron chi connectivity index (χ1n) is 5.01. The van der Waals surface area contributed by atoms with E-state index in [9.17, 15) is 0 Å². The van der Waals surface area contributed by atoms with Crippen molar-refractivity contribution in [2.75, 3.05) is 5.33 Å². The topological polar surface area (TPSA) is 0 Å². The molecule has 1 saturated carbocycles. The van der Waals surface area contributed by atoms with Crippen LogP contribution in [0.25, 0.3) is 0 Å². The van der Waals surface area contributed by atoms with Gasteiger partial charge < -0.3 is 0 Å². The Bertz CT molecular complexity index is 255. The molecule has 2 rings (SSSR count). The summed E-state index contributed by atoms with van der Waals surface area (Å²) < 4.78 is 0. The number of halogens is 1. The van der Waals surface area contributed by atoms with Gasteiger partial charge in [0.05, 0.1) is 0 Å². The first-order chi connectivity index (χ1) is 6.40. The van der Waals surface area contributed by atoms with Crippen molar-refractivity contribution >= 4 is 15.9 Å². The van der Waals surface area contributed by atoms with Crippen LogP contribution < -0.4 is 0 Å². The van der Waals surface area contributed by atoms with E-state index in [1.807, 2.05) is 0 Å². The predicted octanol–water partition coefficient (Wildman–Crippen LogP) is 3.97. The zero-order valence-corrected chi connectivity index (χ0v) is 9.33. The fraction of sp³-hybridized carbons (Fsp3) is 0.500. The lowest BCUT2D eigenvalue weighted by atomic mass is 9.97. The summed E-state index contributed by atoms with van der Waals surface area (Å²) in [7, 11) is 0. The Hall–Kier alpha value is -0.300. The number of benzene rings is 1. The zero-order chi connectivity index (χ0) is 9.10. The summed E-state index contributed by atoms with van der Waals surface area (Å²) in [5.41, 5.74) is 1.53. The summed E-state index contributed by atoms with van der Waals surface area (Å²) in [6.45, 7) is 0. The third kappa shape index (κ3) is 2.14. The quantitative estimate of drug-likeness (QED) is 0.685. The third-order valence-electron chi connectivity index (χ3n) is 3.03. The molecule has 0 aliphatic heterocycles. The van der Waals surface area contributed by atoms with Crippen LogP contribution >= 0.6 is 15.9 Å². The molecule has 1 fully saturated rings. The molecule has 13 heavy (non-hydrogen) atoms. The lowest BCUT2D eigenvalue weighted by Gasteiger charge is -2.09. The van der Waals surface area contributed by atoms with Gasteiger partial charge in [0.2, 0.25) is 0 Å². The molecule has 0 N–H and O–H groups in total. The van der Waals surface area contributed by atoms with Gasteiger partial charge in [-0.25, -0.2) is 0 Å². The van der Waals surface area contributed by atoms with Crippen molar-refractivity contribution in [1.29, 1.82) is 0 Å². The number of rotatable bonds is 2. The summed E-state index contributed by atoms with van der Waals surface area (Å²) in [6, 6.07) is 10.9. The van der Waals surface area contributed by atoms with E-state index in [1.54, 1.807) is 0 Å². The van der Waals surface area contributed by atoms with Crippen molar-refractivity contribution in [3.05, 3.63) is 35.9 Å². The Morgan fingerprint density at radius 2 is 1.92 bits per heavy atom. The van der Waals surface area contributed by atoms with Gasteiger partial charge in [0.25, 0.3) is 0 Å². The van der Waals surface area contributed by atoms with Gasteiger partial charge >= 0.3 is 0 Å². The molecule has 0 nitrogen and oxygen atoms in total. The Morgan fingerprint density at radius 1 is 1.15 bits per heavy atom. The maximum absolute atomic E-state index is 3.58. The molecule has 1 heteroatoms. The van der Waals surface area contributed by atoms with E-state index >= 15 is 0 Å². The van der Waals surface area contributed by atoms with Crippen LogP contribution in [0.2, 0.25) is 0 Å². The molecular formula is C12H15Br. The SMILES string of the molecule is BrC[C@@H]1CC[C@H](c2ccccc2)C1. The molecule has 1 aromatic carbocycles. The van der Waals surface area contributed by atoms with Crippen molar-refractivity contribution < 1.29 is 0 Å². The van der Waals surface area contributed by atoms with Crippen LogP contribution in [0.5, 0.6) is 0 Å². The van der Waals surface area contributed by atoms with Gasteiger partial charge in [-0.15, -0.1) is 0 Å². The summed E-state index contributed by atoms with van der Waals surface area (Å²) in [4.78, 5) is 0. The van der Waals surface area contributed by atoms with Crippen LogP contribution in [0.15, 0.2) is 30.3 Å². The van der Waals surface area contributed by atoms with E-state index in [4.69, 9.17) is 0 Å². The first kappa shape index (κ1) is 9.26. The van der Waals surface area contributed by atoms with Gasteiger partial charge in [0, 0.05) is 5.33 Å². The molecule has 1 aliphatic rings. The van der Waals surface area contributed by atoms with E-state index in [0.717, 1.165) is 11.8 Å². The largest absolute Gasteiger partial charge is 0.0925 e. The van der Waals surface area contributed by atoms with Crippen molar-refractivity contribution in [2.24, 2.45) is 5.92 Å². The Kier molecular flexibility index (Phi) is 3.05. The number of hydrogen-bond acceptors (Lipinski definition) is 0. The highest BCUT2D eigenvalue weighted by Crippen LogP contribution is 2.38. The molecule has 0 amide bonds. The lowest BCUT2D eigenvalue weighted by Crippen LogP contribution is -1.96. The second-order valence-corrected chi connectivity index (χ2v) is 4.59. The minimum absolute atomic E-state index is 0.823. The highest BCUT2D eigenvalue weighted by molar-refractivity contribution is 9.09. The fourth-order valence-corrected chi connectivity index (χ4v) is 2.83. The average molecular weight is 239 g/mol. The van der Waals surface area contributed by atoms with Gasteiger partial charge in [-0.1, -0.05) is 46.3 Å². The fourth-order valence-electron chi connectivity index (χ4n) is 2.24. The molecule has 0 radical (unpaired) electrons. The smallest absolute Gasteiger partial charge is 0.00598 e. The lowest BCUT2D eigenvalue weighted by molar-refractivity contribution is 0.610. The molecule has 0 heterocycles. The highest BCUT2D eigenvalue weighted by Gasteiger charge is 2.24. The molecule has 70 valence electrons. The van der Waals surface area contributed by atoms with Gasteiger partial charge in [-0.2, -0.15) is 0 Å². The van der Waals surface area contributed by atoms with Crippen LogP contribution in [0.4, 0.5) is 0 Å². The molecule has 0 saturated heterocycles. The third-order valence-corrected chi connectivity index (χ3v) is 3.95. The van der Waals surface area contributed by atoms with Gasteiger partial charge in [-0.05, 0) is 36.7 Å². The maximum atomic E-state index is 3.58. The Morgan fingerprint density at radius 3 is 2.54 bits per heavy atom. The zero-order valence-electron chi connectivity index (χ0n) is 7.75. The summed E-state index contributed by atoms with van der Waals surface area (Å²) in [6.07, 6.45) is 4.14. The normalized spacial score (nSPS) is 27.8. The monoisotopic (exact) mass is 238 g/mol. The minimum Gasteiger partial charge on any atom is -0.0925 e. The molecule has 1 aromatic rings. The minimum atomic E-state index is 0.823. The molecule has 0 aromatic heterocycles. The Labute approximate surface area is 88.5 Å². The summed E-state index contributed by atoms with van der Waals surface area (Å²) >= 11 is 3.58. The van der Waals surface area contributed by atoms with Crippen LogP contribution in [0, 0.1) is 5.92 Å². The maximum Gasteiger partial charge on any atom is 0.00598 e. The molecule has 0 spiro atoms. The van der Waals surface area contributed by atoms with E-state index in [0.29, 0.717) is 0 Å². The summed E-state index contributed by atoms with van der Waals surface area (Å²) in [5, 5.41) is 1.18. The van der Waals surface area contributed by atoms with Crippen LogP contribution in [-0.4, -0.2) is 5.33 Å². The summed E-state index contributed by atoms with van der Waals surface area (Å²) in [5.74, 6) is 1.73.